The number of hydrogen-bond acceptors (Lipinski definition) is 2. The number of aliphatic hydroxyl groups excluding tert-OH is 1. The van der Waals surface area contributed by atoms with Crippen molar-refractivity contribution >= 4 is 5.91 Å². The quantitative estimate of drug-likeness (QED) is 0.915. The lowest BCUT2D eigenvalue weighted by Crippen LogP contribution is -2.37. The maximum absolute atomic E-state index is 12.2. The summed E-state index contributed by atoms with van der Waals surface area (Å²) in [7, 11) is 0. The van der Waals surface area contributed by atoms with Crippen molar-refractivity contribution in [2.24, 2.45) is 11.8 Å². The normalized spacial score (nSPS) is 22.9. The van der Waals surface area contributed by atoms with Gasteiger partial charge < -0.3 is 10.0 Å². The second-order valence-electron chi connectivity index (χ2n) is 6.25. The monoisotopic (exact) mass is 273 g/mol. The lowest BCUT2D eigenvalue weighted by atomic mass is 9.84. The van der Waals surface area contributed by atoms with E-state index in [9.17, 15) is 4.79 Å². The van der Waals surface area contributed by atoms with E-state index in [1.54, 1.807) is 0 Å². The summed E-state index contributed by atoms with van der Waals surface area (Å²) in [5.41, 5.74) is 2.27. The molecule has 3 heteroatoms. The largest absolute Gasteiger partial charge is 0.392 e. The van der Waals surface area contributed by atoms with E-state index >= 15 is 0 Å². The highest BCUT2D eigenvalue weighted by Crippen LogP contribution is 2.31. The first-order chi connectivity index (χ1) is 9.76. The van der Waals surface area contributed by atoms with Gasteiger partial charge in [0.05, 0.1) is 6.61 Å². The molecule has 2 fully saturated rings. The molecule has 1 N–H and O–H groups in total. The van der Waals surface area contributed by atoms with Crippen LogP contribution in [0.5, 0.6) is 0 Å². The Bertz CT molecular complexity index is 464. The molecule has 1 aliphatic carbocycles. The lowest BCUT2D eigenvalue weighted by Gasteiger charge is -2.29. The molecular formula is C17H23NO2. The van der Waals surface area contributed by atoms with Crippen LogP contribution in [0.4, 0.5) is 0 Å². The first-order valence-corrected chi connectivity index (χ1v) is 7.73. The number of carbonyl (C=O) groups excluding carboxylic acids is 1. The van der Waals surface area contributed by atoms with Crippen molar-refractivity contribution in [3.05, 3.63) is 35.4 Å². The van der Waals surface area contributed by atoms with Crippen LogP contribution in [0.3, 0.4) is 0 Å². The summed E-state index contributed by atoms with van der Waals surface area (Å²) in [6.07, 6.45) is 5.59. The molecule has 1 aliphatic heterocycles. The molecule has 108 valence electrons. The number of carbonyl (C=O) groups is 1. The highest BCUT2D eigenvalue weighted by Gasteiger charge is 2.33. The molecule has 1 aromatic carbocycles. The number of amides is 1. The molecule has 3 nitrogen and oxygen atoms in total. The number of hydrogen-bond donors (Lipinski definition) is 1. The fraction of sp³-hybridized carbons (Fsp3) is 0.588. The predicted octanol–water partition coefficient (Wildman–Crippen LogP) is 2.37. The van der Waals surface area contributed by atoms with Gasteiger partial charge in [0.1, 0.15) is 0 Å². The van der Waals surface area contributed by atoms with Gasteiger partial charge in [-0.2, -0.15) is 0 Å². The zero-order chi connectivity index (χ0) is 13.9. The second-order valence-corrected chi connectivity index (χ2v) is 6.25. The minimum Gasteiger partial charge on any atom is -0.392 e. The van der Waals surface area contributed by atoms with E-state index in [0.29, 0.717) is 17.7 Å². The maximum Gasteiger partial charge on any atom is 0.225 e. The molecule has 1 saturated heterocycles. The van der Waals surface area contributed by atoms with Crippen LogP contribution in [-0.2, 0) is 17.8 Å². The van der Waals surface area contributed by atoms with Gasteiger partial charge in [0.2, 0.25) is 5.91 Å². The van der Waals surface area contributed by atoms with Crippen LogP contribution in [0.25, 0.3) is 0 Å². The third kappa shape index (κ3) is 2.88. The van der Waals surface area contributed by atoms with Gasteiger partial charge in [0.15, 0.2) is 0 Å². The molecule has 20 heavy (non-hydrogen) atoms. The van der Waals surface area contributed by atoms with Gasteiger partial charge in [-0.05, 0) is 42.7 Å². The van der Waals surface area contributed by atoms with Crippen LogP contribution in [-0.4, -0.2) is 29.0 Å². The first-order valence-electron chi connectivity index (χ1n) is 7.73. The Morgan fingerprint density at radius 3 is 2.45 bits per heavy atom. The number of likely N-dealkylation sites (tertiary alicyclic amines) is 1. The molecule has 1 aromatic rings. The fourth-order valence-electron chi connectivity index (χ4n) is 3.23. The molecule has 0 unspecified atom stereocenters. The van der Waals surface area contributed by atoms with Crippen molar-refractivity contribution in [3.63, 3.8) is 0 Å². The van der Waals surface area contributed by atoms with E-state index < -0.39 is 0 Å². The Labute approximate surface area is 120 Å². The first kappa shape index (κ1) is 13.6. The number of benzene rings is 1. The van der Waals surface area contributed by atoms with Crippen LogP contribution in [0.15, 0.2) is 24.3 Å². The van der Waals surface area contributed by atoms with E-state index in [4.69, 9.17) is 5.11 Å². The highest BCUT2D eigenvalue weighted by atomic mass is 16.3. The average Bonchev–Trinajstić information content (AvgIpc) is 2.86. The van der Waals surface area contributed by atoms with Crippen molar-refractivity contribution in [2.75, 3.05) is 13.1 Å². The summed E-state index contributed by atoms with van der Waals surface area (Å²) in [6.45, 7) is 1.97. The van der Waals surface area contributed by atoms with Gasteiger partial charge in [-0.25, -0.2) is 0 Å². The zero-order valence-electron chi connectivity index (χ0n) is 11.9. The third-order valence-corrected chi connectivity index (χ3v) is 4.78. The third-order valence-electron chi connectivity index (χ3n) is 4.78. The summed E-state index contributed by atoms with van der Waals surface area (Å²) >= 11 is 0. The molecule has 1 heterocycles. The zero-order valence-corrected chi connectivity index (χ0v) is 11.9. The molecule has 0 spiro atoms. The molecule has 2 aliphatic rings. The van der Waals surface area contributed by atoms with E-state index in [0.717, 1.165) is 44.3 Å². The van der Waals surface area contributed by atoms with Crippen molar-refractivity contribution < 1.29 is 9.90 Å². The van der Waals surface area contributed by atoms with Crippen molar-refractivity contribution in [1.82, 2.24) is 4.90 Å². The molecule has 1 atom stereocenters. The van der Waals surface area contributed by atoms with Crippen molar-refractivity contribution in [1.29, 1.82) is 0 Å². The topological polar surface area (TPSA) is 40.5 Å². The average molecular weight is 273 g/mol. The molecule has 0 bridgehead atoms. The Morgan fingerprint density at radius 1 is 1.15 bits per heavy atom. The summed E-state index contributed by atoms with van der Waals surface area (Å²) in [6, 6.07) is 8.17. The molecular weight excluding hydrogens is 250 g/mol. The number of aliphatic hydroxyl groups is 1. The van der Waals surface area contributed by atoms with Gasteiger partial charge >= 0.3 is 0 Å². The Morgan fingerprint density at radius 2 is 1.85 bits per heavy atom. The van der Waals surface area contributed by atoms with Gasteiger partial charge in [-0.3, -0.25) is 4.79 Å². The standard InChI is InChI=1S/C17H23NO2/c19-12-14-6-4-13(5-7-14)10-15-8-9-18(11-15)17(20)16-2-1-3-16/h4-7,15-16,19H,1-3,8-12H2/t15-/m1/s1. The van der Waals surface area contributed by atoms with Crippen LogP contribution in [0.1, 0.15) is 36.8 Å². The summed E-state index contributed by atoms with van der Waals surface area (Å²) in [4.78, 5) is 14.3. The SMILES string of the molecule is O=C(C1CCC1)N1CC[C@H](Cc2ccc(CO)cc2)C1. The van der Waals surface area contributed by atoms with E-state index in [-0.39, 0.29) is 6.61 Å². The fourth-order valence-corrected chi connectivity index (χ4v) is 3.23. The Hall–Kier alpha value is -1.35. The number of nitrogens with zero attached hydrogens (tertiary/aromatic N) is 1. The van der Waals surface area contributed by atoms with Crippen LogP contribution < -0.4 is 0 Å². The van der Waals surface area contributed by atoms with Gasteiger partial charge in [0, 0.05) is 19.0 Å². The Balaban J connectivity index is 1.52. The van der Waals surface area contributed by atoms with Crippen LogP contribution >= 0.6 is 0 Å². The molecule has 0 aromatic heterocycles. The van der Waals surface area contributed by atoms with E-state index in [2.05, 4.69) is 17.0 Å². The minimum atomic E-state index is 0.105. The van der Waals surface area contributed by atoms with Gasteiger partial charge in [0.25, 0.3) is 0 Å². The lowest BCUT2D eigenvalue weighted by molar-refractivity contribution is -0.137. The van der Waals surface area contributed by atoms with Crippen LogP contribution in [0, 0.1) is 11.8 Å². The summed E-state index contributed by atoms with van der Waals surface area (Å²) in [5.74, 6) is 1.32. The van der Waals surface area contributed by atoms with Crippen molar-refractivity contribution in [2.45, 2.75) is 38.7 Å². The van der Waals surface area contributed by atoms with Crippen LogP contribution in [0.2, 0.25) is 0 Å². The van der Waals surface area contributed by atoms with E-state index in [1.165, 1.54) is 12.0 Å². The van der Waals surface area contributed by atoms with Gasteiger partial charge in [-0.1, -0.05) is 30.7 Å². The number of rotatable bonds is 4. The molecule has 3 rings (SSSR count). The van der Waals surface area contributed by atoms with E-state index in [1.807, 2.05) is 12.1 Å². The Kier molecular flexibility index (Phi) is 4.06. The second kappa shape index (κ2) is 5.96. The smallest absolute Gasteiger partial charge is 0.225 e. The molecule has 1 saturated carbocycles. The van der Waals surface area contributed by atoms with Crippen molar-refractivity contribution in [3.8, 4) is 0 Å². The predicted molar refractivity (Wildman–Crippen MR) is 78.1 cm³/mol. The molecule has 0 radical (unpaired) electrons. The highest BCUT2D eigenvalue weighted by molar-refractivity contribution is 5.79. The molecule has 1 amide bonds. The summed E-state index contributed by atoms with van der Waals surface area (Å²) < 4.78 is 0. The minimum absolute atomic E-state index is 0.105. The summed E-state index contributed by atoms with van der Waals surface area (Å²) in [5, 5.41) is 9.05. The maximum atomic E-state index is 12.2. The van der Waals surface area contributed by atoms with Gasteiger partial charge in [-0.15, -0.1) is 0 Å².